The minimum Gasteiger partial charge on any atom is -0.489 e. The molecule has 5 aromatic rings. The van der Waals surface area contributed by atoms with Gasteiger partial charge in [-0.15, -0.1) is 0 Å². The molecule has 0 saturated carbocycles. The average Bonchev–Trinajstić information content (AvgIpc) is 3.35. The van der Waals surface area contributed by atoms with Crippen LogP contribution < -0.4 is 15.2 Å². The number of benzene rings is 3. The second-order valence-electron chi connectivity index (χ2n) is 9.85. The number of fused-ring (bicyclic) bond motifs is 3. The molecule has 0 aliphatic heterocycles. The van der Waals surface area contributed by atoms with Crippen molar-refractivity contribution in [3.05, 3.63) is 90.3 Å². The number of hydrogen-bond acceptors (Lipinski definition) is 6. The second kappa shape index (κ2) is 12.5. The lowest BCUT2D eigenvalue weighted by atomic mass is 10.1. The quantitative estimate of drug-likeness (QED) is 0.176. The van der Waals surface area contributed by atoms with Crippen LogP contribution in [-0.4, -0.2) is 29.5 Å². The number of aromatic nitrogens is 3. The highest BCUT2D eigenvalue weighted by Gasteiger charge is 2.18. The summed E-state index contributed by atoms with van der Waals surface area (Å²) in [6.07, 6.45) is 4.35. The van der Waals surface area contributed by atoms with Gasteiger partial charge in [0.15, 0.2) is 5.82 Å². The largest absolute Gasteiger partial charge is 0.489 e. The number of hydrogen-bond donors (Lipinski definition) is 2. The molecule has 2 heterocycles. The maximum atomic E-state index is 12.6. The number of sulfonamides is 1. The first-order valence-electron chi connectivity index (χ1n) is 13.8. The number of aryl methyl sites for hydroxylation is 2. The number of nitrogen functional groups attached to an aromatic ring is 1. The summed E-state index contributed by atoms with van der Waals surface area (Å²) in [6, 6.07) is 24.4. The van der Waals surface area contributed by atoms with Crippen molar-refractivity contribution in [2.45, 2.75) is 57.1 Å². The van der Waals surface area contributed by atoms with Crippen LogP contribution >= 0.6 is 0 Å². The van der Waals surface area contributed by atoms with Crippen LogP contribution in [0.5, 0.6) is 5.75 Å². The fraction of sp³-hybridized carbons (Fsp3) is 0.290. The fourth-order valence-electron chi connectivity index (χ4n) is 4.82. The topological polar surface area (TPSA) is 112 Å². The average molecular weight is 558 g/mol. The van der Waals surface area contributed by atoms with Gasteiger partial charge in [0.05, 0.1) is 15.9 Å². The van der Waals surface area contributed by atoms with Crippen LogP contribution in [0.3, 0.4) is 0 Å². The van der Waals surface area contributed by atoms with Gasteiger partial charge < -0.3 is 15.0 Å². The molecule has 0 amide bonds. The van der Waals surface area contributed by atoms with Crippen molar-refractivity contribution in [3.8, 4) is 5.75 Å². The molecule has 0 radical (unpaired) electrons. The minimum absolute atomic E-state index is 0.275. The zero-order valence-electron chi connectivity index (χ0n) is 22.7. The lowest BCUT2D eigenvalue weighted by molar-refractivity contribution is 0.306. The first-order valence-corrected chi connectivity index (χ1v) is 15.2. The summed E-state index contributed by atoms with van der Waals surface area (Å²) in [5.41, 5.74) is 9.92. The molecule has 8 nitrogen and oxygen atoms in total. The Morgan fingerprint density at radius 3 is 2.42 bits per heavy atom. The molecule has 3 N–H and O–H groups in total. The lowest BCUT2D eigenvalue weighted by Gasteiger charge is -2.13. The number of imidazole rings is 1. The highest BCUT2D eigenvalue weighted by atomic mass is 32.2. The van der Waals surface area contributed by atoms with Crippen molar-refractivity contribution in [1.82, 2.24) is 19.3 Å². The maximum absolute atomic E-state index is 12.6. The van der Waals surface area contributed by atoms with E-state index in [1.54, 1.807) is 30.3 Å². The van der Waals surface area contributed by atoms with Crippen molar-refractivity contribution in [3.63, 3.8) is 0 Å². The SMILES string of the molecule is CCCCc1nc2c(N)nc3ccc(OCc4ccccc4)cc3c2n1CCCCNS(=O)(=O)c1ccccc1. The molecule has 40 heavy (non-hydrogen) atoms. The van der Waals surface area contributed by atoms with Crippen LogP contribution in [0, 0.1) is 0 Å². The molecular formula is C31H35N5O3S. The first-order chi connectivity index (χ1) is 19.5. The molecule has 0 aliphatic carbocycles. The molecule has 3 aromatic carbocycles. The van der Waals surface area contributed by atoms with Gasteiger partial charge in [-0.2, -0.15) is 0 Å². The maximum Gasteiger partial charge on any atom is 0.240 e. The fourth-order valence-corrected chi connectivity index (χ4v) is 5.91. The Morgan fingerprint density at radius 1 is 0.925 bits per heavy atom. The normalized spacial score (nSPS) is 11.8. The van der Waals surface area contributed by atoms with Crippen LogP contribution in [0.25, 0.3) is 21.9 Å². The lowest BCUT2D eigenvalue weighted by Crippen LogP contribution is -2.25. The number of unbranched alkanes of at least 4 members (excludes halogenated alkanes) is 2. The highest BCUT2D eigenvalue weighted by Crippen LogP contribution is 2.32. The Hall–Kier alpha value is -3.95. The van der Waals surface area contributed by atoms with E-state index in [0.717, 1.165) is 59.2 Å². The summed E-state index contributed by atoms with van der Waals surface area (Å²) in [6.45, 7) is 3.68. The van der Waals surface area contributed by atoms with Gasteiger partial charge in [-0.05, 0) is 55.2 Å². The summed E-state index contributed by atoms with van der Waals surface area (Å²) < 4.78 is 36.2. The van der Waals surface area contributed by atoms with Gasteiger partial charge in [-0.1, -0.05) is 61.9 Å². The van der Waals surface area contributed by atoms with E-state index in [2.05, 4.69) is 21.2 Å². The Bertz CT molecular complexity index is 1690. The third-order valence-corrected chi connectivity index (χ3v) is 8.39. The standard InChI is InChI=1S/C31H35N5O3S/c1-2-3-16-28-35-29-30(36(28)20-11-10-19-33-40(37,38)25-14-8-5-9-15-25)26-21-24(17-18-27(26)34-31(29)32)39-22-23-12-6-4-7-13-23/h4-9,12-15,17-18,21,33H,2-3,10-11,16,19-20,22H2,1H3,(H2,32,34). The molecule has 0 saturated heterocycles. The molecule has 9 heteroatoms. The van der Waals surface area contributed by atoms with Gasteiger partial charge in [-0.3, -0.25) is 0 Å². The van der Waals surface area contributed by atoms with Crippen LogP contribution in [-0.2, 0) is 29.6 Å². The Balaban J connectivity index is 1.39. The second-order valence-corrected chi connectivity index (χ2v) is 11.6. The number of ether oxygens (including phenoxy) is 1. The van der Waals surface area contributed by atoms with Gasteiger partial charge >= 0.3 is 0 Å². The zero-order chi connectivity index (χ0) is 28.0. The summed E-state index contributed by atoms with van der Waals surface area (Å²) in [4.78, 5) is 9.83. The van der Waals surface area contributed by atoms with E-state index < -0.39 is 10.0 Å². The Kier molecular flexibility index (Phi) is 8.62. The molecule has 0 spiro atoms. The van der Waals surface area contributed by atoms with Gasteiger partial charge in [0.1, 0.15) is 23.7 Å². The summed E-state index contributed by atoms with van der Waals surface area (Å²) in [7, 11) is -3.52. The van der Waals surface area contributed by atoms with Crippen molar-refractivity contribution in [2.75, 3.05) is 12.3 Å². The van der Waals surface area contributed by atoms with Crippen molar-refractivity contribution >= 4 is 37.8 Å². The van der Waals surface area contributed by atoms with Crippen LogP contribution in [0.1, 0.15) is 44.0 Å². The predicted molar refractivity (Wildman–Crippen MR) is 160 cm³/mol. The molecule has 2 aromatic heterocycles. The van der Waals surface area contributed by atoms with Crippen LogP contribution in [0.2, 0.25) is 0 Å². The number of nitrogens with zero attached hydrogens (tertiary/aromatic N) is 3. The Morgan fingerprint density at radius 2 is 1.68 bits per heavy atom. The van der Waals surface area contributed by atoms with Crippen LogP contribution in [0.15, 0.2) is 83.8 Å². The first kappa shape index (κ1) is 27.6. The Labute approximate surface area is 235 Å². The number of anilines is 1. The van der Waals surface area contributed by atoms with Gasteiger partial charge in [-0.25, -0.2) is 23.1 Å². The van der Waals surface area contributed by atoms with E-state index in [1.807, 2.05) is 48.5 Å². The summed E-state index contributed by atoms with van der Waals surface area (Å²) >= 11 is 0. The number of rotatable bonds is 13. The third-order valence-electron chi connectivity index (χ3n) is 6.91. The van der Waals surface area contributed by atoms with E-state index in [4.69, 9.17) is 15.5 Å². The van der Waals surface area contributed by atoms with E-state index in [-0.39, 0.29) is 4.90 Å². The van der Waals surface area contributed by atoms with E-state index in [0.29, 0.717) is 37.5 Å². The minimum atomic E-state index is -3.52. The van der Waals surface area contributed by atoms with Gasteiger partial charge in [0.25, 0.3) is 0 Å². The van der Waals surface area contributed by atoms with E-state index in [1.165, 1.54) is 0 Å². The molecule has 5 rings (SSSR count). The van der Waals surface area contributed by atoms with Crippen molar-refractivity contribution < 1.29 is 13.2 Å². The predicted octanol–water partition coefficient (Wildman–Crippen LogP) is 5.85. The van der Waals surface area contributed by atoms with Crippen LogP contribution in [0.4, 0.5) is 5.82 Å². The number of nitrogens with two attached hydrogens (primary N) is 1. The molecule has 0 aliphatic rings. The highest BCUT2D eigenvalue weighted by molar-refractivity contribution is 7.89. The third kappa shape index (κ3) is 6.26. The molecule has 0 fully saturated rings. The van der Waals surface area contributed by atoms with Gasteiger partial charge in [0, 0.05) is 24.9 Å². The number of pyridine rings is 1. The summed E-state index contributed by atoms with van der Waals surface area (Å²) in [5.74, 6) is 2.13. The smallest absolute Gasteiger partial charge is 0.240 e. The van der Waals surface area contributed by atoms with Crippen molar-refractivity contribution in [2.24, 2.45) is 0 Å². The van der Waals surface area contributed by atoms with Gasteiger partial charge in [0.2, 0.25) is 10.0 Å². The molecule has 0 unspecified atom stereocenters. The summed E-state index contributed by atoms with van der Waals surface area (Å²) in [5, 5.41) is 0.940. The molecule has 0 bridgehead atoms. The number of nitrogens with one attached hydrogen (secondary N) is 1. The zero-order valence-corrected chi connectivity index (χ0v) is 23.5. The molecular weight excluding hydrogens is 522 g/mol. The molecule has 0 atom stereocenters. The monoisotopic (exact) mass is 557 g/mol. The van der Waals surface area contributed by atoms with E-state index in [9.17, 15) is 8.42 Å². The van der Waals surface area contributed by atoms with E-state index >= 15 is 0 Å². The molecule has 208 valence electrons. The van der Waals surface area contributed by atoms with Crippen molar-refractivity contribution in [1.29, 1.82) is 0 Å².